The van der Waals surface area contributed by atoms with Crippen LogP contribution in [0.3, 0.4) is 0 Å². The van der Waals surface area contributed by atoms with Crippen LogP contribution in [-0.4, -0.2) is 21.4 Å². The molecule has 0 aromatic heterocycles. The molecular formula is C24H15O5S2-. The van der Waals surface area contributed by atoms with Gasteiger partial charge in [-0.2, -0.15) is 0 Å². The van der Waals surface area contributed by atoms with E-state index in [0.29, 0.717) is 5.56 Å². The fourth-order valence-corrected chi connectivity index (χ4v) is 6.01. The van der Waals surface area contributed by atoms with Crippen molar-refractivity contribution in [3.63, 3.8) is 0 Å². The summed E-state index contributed by atoms with van der Waals surface area (Å²) in [5.74, 6) is 0. The Kier molecular flexibility index (Phi) is 4.37. The molecule has 4 aromatic rings. The van der Waals surface area contributed by atoms with Crippen molar-refractivity contribution in [3.8, 4) is 33.4 Å². The van der Waals surface area contributed by atoms with Crippen molar-refractivity contribution in [3.05, 3.63) is 91.0 Å². The number of rotatable bonds is 3. The molecule has 0 atom stereocenters. The SMILES string of the molecule is O=S(=O)([O-])c1ccc2c(c1)-c1cc(-c3ccc(-c4ccccc4)cc3)ccc1S2(=O)=O. The molecule has 0 amide bonds. The van der Waals surface area contributed by atoms with E-state index in [9.17, 15) is 21.4 Å². The van der Waals surface area contributed by atoms with E-state index in [0.717, 1.165) is 34.4 Å². The van der Waals surface area contributed by atoms with Gasteiger partial charge in [0, 0.05) is 11.1 Å². The van der Waals surface area contributed by atoms with Crippen molar-refractivity contribution < 1.29 is 21.4 Å². The van der Waals surface area contributed by atoms with Gasteiger partial charge in [0.15, 0.2) is 0 Å². The van der Waals surface area contributed by atoms with Crippen LogP contribution in [0.25, 0.3) is 33.4 Å². The molecule has 5 rings (SSSR count). The largest absolute Gasteiger partial charge is 0.744 e. The zero-order valence-corrected chi connectivity index (χ0v) is 17.7. The molecule has 31 heavy (non-hydrogen) atoms. The van der Waals surface area contributed by atoms with E-state index in [2.05, 4.69) is 0 Å². The minimum absolute atomic E-state index is 0.00600. The molecule has 1 aliphatic heterocycles. The lowest BCUT2D eigenvalue weighted by Crippen LogP contribution is -2.00. The molecule has 0 bridgehead atoms. The van der Waals surface area contributed by atoms with E-state index in [1.165, 1.54) is 12.1 Å². The van der Waals surface area contributed by atoms with E-state index in [-0.39, 0.29) is 15.4 Å². The molecule has 154 valence electrons. The molecule has 0 N–H and O–H groups in total. The van der Waals surface area contributed by atoms with Crippen LogP contribution in [-0.2, 0) is 20.0 Å². The first-order valence-electron chi connectivity index (χ1n) is 9.40. The Bertz CT molecular complexity index is 1540. The van der Waals surface area contributed by atoms with Gasteiger partial charge < -0.3 is 4.55 Å². The molecule has 5 nitrogen and oxygen atoms in total. The lowest BCUT2D eigenvalue weighted by Gasteiger charge is -2.09. The third kappa shape index (κ3) is 3.27. The van der Waals surface area contributed by atoms with Crippen molar-refractivity contribution >= 4 is 20.0 Å². The molecule has 0 saturated carbocycles. The van der Waals surface area contributed by atoms with Gasteiger partial charge in [0.25, 0.3) is 0 Å². The predicted molar refractivity (Wildman–Crippen MR) is 116 cm³/mol. The van der Waals surface area contributed by atoms with Crippen molar-refractivity contribution in [1.82, 2.24) is 0 Å². The maximum Gasteiger partial charge on any atom is 0.207 e. The van der Waals surface area contributed by atoms with Gasteiger partial charge in [-0.25, -0.2) is 16.8 Å². The molecule has 0 radical (unpaired) electrons. The van der Waals surface area contributed by atoms with Gasteiger partial charge in [-0.1, -0.05) is 60.7 Å². The van der Waals surface area contributed by atoms with E-state index >= 15 is 0 Å². The smallest absolute Gasteiger partial charge is 0.207 e. The number of hydrogen-bond acceptors (Lipinski definition) is 5. The topological polar surface area (TPSA) is 91.3 Å². The Morgan fingerprint density at radius 3 is 1.68 bits per heavy atom. The number of benzene rings is 4. The van der Waals surface area contributed by atoms with Gasteiger partial charge in [-0.15, -0.1) is 0 Å². The molecule has 7 heteroatoms. The summed E-state index contributed by atoms with van der Waals surface area (Å²) in [6.45, 7) is 0. The van der Waals surface area contributed by atoms with Gasteiger partial charge in [0.2, 0.25) is 9.84 Å². The van der Waals surface area contributed by atoms with Crippen LogP contribution in [0.1, 0.15) is 0 Å². The second kappa shape index (κ2) is 6.88. The van der Waals surface area contributed by atoms with Gasteiger partial charge >= 0.3 is 0 Å². The summed E-state index contributed by atoms with van der Waals surface area (Å²) in [6, 6.07) is 26.2. The molecule has 4 aromatic carbocycles. The molecule has 0 spiro atoms. The number of sulfone groups is 1. The summed E-state index contributed by atoms with van der Waals surface area (Å²) in [5.41, 5.74) is 4.45. The second-order valence-corrected chi connectivity index (χ2v) is 10.5. The molecule has 0 unspecified atom stereocenters. The average molecular weight is 448 g/mol. The van der Waals surface area contributed by atoms with E-state index in [1.54, 1.807) is 12.1 Å². The number of fused-ring (bicyclic) bond motifs is 3. The highest BCUT2D eigenvalue weighted by Gasteiger charge is 2.33. The zero-order chi connectivity index (χ0) is 21.8. The molecule has 0 fully saturated rings. The van der Waals surface area contributed by atoms with Crippen LogP contribution in [0.4, 0.5) is 0 Å². The van der Waals surface area contributed by atoms with Crippen molar-refractivity contribution in [1.29, 1.82) is 0 Å². The van der Waals surface area contributed by atoms with Crippen LogP contribution < -0.4 is 0 Å². The number of hydrogen-bond donors (Lipinski definition) is 0. The fourth-order valence-electron chi connectivity index (χ4n) is 3.87. The van der Waals surface area contributed by atoms with Gasteiger partial charge in [0.05, 0.1) is 14.7 Å². The first-order chi connectivity index (χ1) is 14.7. The Balaban J connectivity index is 1.62. The van der Waals surface area contributed by atoms with Crippen LogP contribution >= 0.6 is 0 Å². The minimum Gasteiger partial charge on any atom is -0.744 e. The Morgan fingerprint density at radius 2 is 1.06 bits per heavy atom. The molecule has 1 heterocycles. The Labute approximate surface area is 180 Å². The summed E-state index contributed by atoms with van der Waals surface area (Å²) in [4.78, 5) is -0.342. The summed E-state index contributed by atoms with van der Waals surface area (Å²) in [7, 11) is -8.47. The third-order valence-corrected chi connectivity index (χ3v) is 8.12. The van der Waals surface area contributed by atoms with Gasteiger partial charge in [0.1, 0.15) is 10.1 Å². The highest BCUT2D eigenvalue weighted by atomic mass is 32.2. The van der Waals surface area contributed by atoms with E-state index in [4.69, 9.17) is 0 Å². The lowest BCUT2D eigenvalue weighted by atomic mass is 9.97. The van der Waals surface area contributed by atoms with Gasteiger partial charge in [-0.3, -0.25) is 0 Å². The summed E-state index contributed by atoms with van der Waals surface area (Å²) >= 11 is 0. The second-order valence-electron chi connectivity index (χ2n) is 7.27. The molecule has 0 aliphatic carbocycles. The van der Waals surface area contributed by atoms with Crippen LogP contribution in [0, 0.1) is 0 Å². The normalized spacial score (nSPS) is 14.1. The third-order valence-electron chi connectivity index (χ3n) is 5.41. The zero-order valence-electron chi connectivity index (χ0n) is 16.0. The monoisotopic (exact) mass is 447 g/mol. The first-order valence-corrected chi connectivity index (χ1v) is 12.3. The Hall–Kier alpha value is -3.26. The van der Waals surface area contributed by atoms with Crippen LogP contribution in [0.15, 0.2) is 106 Å². The van der Waals surface area contributed by atoms with Crippen molar-refractivity contribution in [2.45, 2.75) is 14.7 Å². The fraction of sp³-hybridized carbons (Fsp3) is 0. The summed E-state index contributed by atoms with van der Waals surface area (Å²) < 4.78 is 60.0. The van der Waals surface area contributed by atoms with Crippen molar-refractivity contribution in [2.24, 2.45) is 0 Å². The summed E-state index contributed by atoms with van der Waals surface area (Å²) in [6.07, 6.45) is 0. The van der Waals surface area contributed by atoms with E-state index < -0.39 is 24.9 Å². The highest BCUT2D eigenvalue weighted by molar-refractivity contribution is 7.92. The summed E-state index contributed by atoms with van der Waals surface area (Å²) in [5, 5.41) is 0. The van der Waals surface area contributed by atoms with Gasteiger partial charge in [-0.05, 0) is 52.6 Å². The quantitative estimate of drug-likeness (QED) is 0.373. The predicted octanol–water partition coefficient (Wildman–Crippen LogP) is 4.74. The average Bonchev–Trinajstić information content (AvgIpc) is 3.00. The maximum atomic E-state index is 12.9. The lowest BCUT2D eigenvalue weighted by molar-refractivity contribution is 0.463. The highest BCUT2D eigenvalue weighted by Crippen LogP contribution is 2.45. The Morgan fingerprint density at radius 1 is 0.581 bits per heavy atom. The standard InChI is InChI=1S/C24H16O5S2/c25-30(26)23-12-10-19(18-8-6-17(7-9-18)16-4-2-1-3-5-16)14-21(23)22-15-20(31(27,28)29)11-13-24(22)30/h1-15H,(H,27,28,29)/p-1. The molecule has 1 aliphatic rings. The minimum atomic E-state index is -4.70. The molecular weight excluding hydrogens is 432 g/mol. The van der Waals surface area contributed by atoms with E-state index in [1.807, 2.05) is 54.6 Å². The van der Waals surface area contributed by atoms with Crippen LogP contribution in [0.2, 0.25) is 0 Å². The van der Waals surface area contributed by atoms with Crippen LogP contribution in [0.5, 0.6) is 0 Å². The van der Waals surface area contributed by atoms with Crippen molar-refractivity contribution in [2.75, 3.05) is 0 Å². The first kappa shape index (κ1) is 19.7. The maximum absolute atomic E-state index is 12.9. The molecule has 0 saturated heterocycles.